The number of carbonyl (C=O) groups excluding carboxylic acids is 2. The van der Waals surface area contributed by atoms with Crippen LogP contribution in [0.5, 0.6) is 0 Å². The summed E-state index contributed by atoms with van der Waals surface area (Å²) < 4.78 is 116. The second-order valence-corrected chi connectivity index (χ2v) is 15.1. The van der Waals surface area contributed by atoms with Crippen LogP contribution in [-0.4, -0.2) is 74.6 Å². The Kier molecular flexibility index (Phi) is 10.6. The molecule has 3 aliphatic rings. The van der Waals surface area contributed by atoms with Crippen LogP contribution in [0.15, 0.2) is 24.4 Å². The molecule has 5 rings (SSSR count). The summed E-state index contributed by atoms with van der Waals surface area (Å²) in [5.41, 5.74) is -7.02. The number of hydrogen-bond donors (Lipinski definition) is 2. The summed E-state index contributed by atoms with van der Waals surface area (Å²) in [5.74, 6) is -10.9. The van der Waals surface area contributed by atoms with Gasteiger partial charge in [-0.1, -0.05) is 38.4 Å². The van der Waals surface area contributed by atoms with E-state index in [1.807, 2.05) is 0 Å². The van der Waals surface area contributed by atoms with E-state index in [0.29, 0.717) is 5.01 Å². The predicted octanol–water partition coefficient (Wildman–Crippen LogP) is 7.75. The van der Waals surface area contributed by atoms with E-state index in [4.69, 9.17) is 16.3 Å². The molecule has 294 valence electrons. The average molecular weight is 795 g/mol. The van der Waals surface area contributed by atoms with Gasteiger partial charge in [-0.3, -0.25) is 29.4 Å². The number of benzene rings is 1. The van der Waals surface area contributed by atoms with Gasteiger partial charge in [0.1, 0.15) is 16.8 Å². The number of alkyl halides is 8. The van der Waals surface area contributed by atoms with Gasteiger partial charge >= 0.3 is 30.2 Å². The second-order valence-electron chi connectivity index (χ2n) is 14.7. The maximum Gasteiger partial charge on any atom is 0.459 e. The van der Waals surface area contributed by atoms with Crippen LogP contribution in [0.1, 0.15) is 86.5 Å². The van der Waals surface area contributed by atoms with Crippen molar-refractivity contribution in [3.8, 4) is 6.07 Å². The molecule has 1 aliphatic heterocycles. The SMILES string of the molecule is CN1CC(c2ccc(Cl)c(C(=O)N(C(OC(=O)C3CCC(C(=O)O)CC3)C(C)(C)C)C3(C#N)CC3)c2)=CN1c1n[nH]c(C(F)(F)C(F)(F)F)c1C(F)(F)F. The molecule has 2 saturated carbocycles. The van der Waals surface area contributed by atoms with Crippen molar-refractivity contribution in [2.45, 2.75) is 89.3 Å². The van der Waals surface area contributed by atoms with Gasteiger partial charge in [-0.2, -0.15) is 45.5 Å². The maximum absolute atomic E-state index is 14.5. The number of carboxylic acid groups (broad SMARTS) is 1. The van der Waals surface area contributed by atoms with E-state index in [1.54, 1.807) is 20.8 Å². The molecule has 2 N–H and O–H groups in total. The van der Waals surface area contributed by atoms with Crippen LogP contribution in [-0.2, 0) is 26.4 Å². The third-order valence-corrected chi connectivity index (χ3v) is 10.1. The molecule has 1 unspecified atom stereocenters. The Morgan fingerprint density at radius 1 is 1.06 bits per heavy atom. The molecule has 1 aromatic carbocycles. The number of amides is 1. The minimum atomic E-state index is -6.37. The number of nitrogens with one attached hydrogen (secondary N) is 1. The van der Waals surface area contributed by atoms with E-state index < -0.39 is 82.2 Å². The van der Waals surface area contributed by atoms with Crippen molar-refractivity contribution < 1.29 is 59.4 Å². The molecule has 2 heterocycles. The topological polar surface area (TPSA) is 143 Å². The Labute approximate surface area is 308 Å². The molecule has 11 nitrogen and oxygen atoms in total. The lowest BCUT2D eigenvalue weighted by Crippen LogP contribution is -2.56. The molecule has 0 radical (unpaired) electrons. The van der Waals surface area contributed by atoms with Gasteiger partial charge in [-0.15, -0.1) is 0 Å². The van der Waals surface area contributed by atoms with E-state index in [-0.39, 0.29) is 66.8 Å². The largest absolute Gasteiger partial charge is 0.481 e. The number of nitrogens with zero attached hydrogens (tertiary/aromatic N) is 5. The average Bonchev–Trinajstić information content (AvgIpc) is 3.54. The summed E-state index contributed by atoms with van der Waals surface area (Å²) in [6.07, 6.45) is -10.9. The number of esters is 1. The van der Waals surface area contributed by atoms with Crippen molar-refractivity contribution in [1.29, 1.82) is 5.26 Å². The zero-order valence-electron chi connectivity index (χ0n) is 29.2. The van der Waals surface area contributed by atoms with E-state index in [2.05, 4.69) is 11.2 Å². The van der Waals surface area contributed by atoms with Crippen LogP contribution < -0.4 is 5.01 Å². The van der Waals surface area contributed by atoms with Gasteiger partial charge in [0.25, 0.3) is 5.91 Å². The zero-order valence-corrected chi connectivity index (χ0v) is 30.0. The second kappa shape index (κ2) is 14.0. The number of aliphatic carboxylic acids is 1. The van der Waals surface area contributed by atoms with Crippen LogP contribution in [0.3, 0.4) is 0 Å². The monoisotopic (exact) mass is 794 g/mol. The van der Waals surface area contributed by atoms with E-state index >= 15 is 0 Å². The first-order valence-electron chi connectivity index (χ1n) is 16.6. The predicted molar refractivity (Wildman–Crippen MR) is 174 cm³/mol. The molecule has 1 atom stereocenters. The summed E-state index contributed by atoms with van der Waals surface area (Å²) in [5, 5.41) is 25.6. The summed E-state index contributed by atoms with van der Waals surface area (Å²) in [7, 11) is 1.23. The fraction of sp³-hybridized carbons (Fsp3) is 0.559. The lowest BCUT2D eigenvalue weighted by atomic mass is 9.82. The Hall–Kier alpha value is -4.44. The summed E-state index contributed by atoms with van der Waals surface area (Å²) in [4.78, 5) is 40.6. The summed E-state index contributed by atoms with van der Waals surface area (Å²) >= 11 is 6.52. The molecule has 1 aromatic heterocycles. The molecule has 0 spiro atoms. The highest BCUT2D eigenvalue weighted by Crippen LogP contribution is 2.51. The number of hydrazine groups is 1. The summed E-state index contributed by atoms with van der Waals surface area (Å²) in [6, 6.07) is 6.12. The Morgan fingerprint density at radius 3 is 2.15 bits per heavy atom. The molecule has 2 aromatic rings. The minimum absolute atomic E-state index is 0.108. The third kappa shape index (κ3) is 7.59. The highest BCUT2D eigenvalue weighted by Gasteiger charge is 2.64. The number of carbonyl (C=O) groups is 3. The molecular weight excluding hydrogens is 760 g/mol. The lowest BCUT2D eigenvalue weighted by molar-refractivity contribution is -0.292. The Balaban J connectivity index is 1.50. The normalized spacial score (nSPS) is 21.3. The smallest absolute Gasteiger partial charge is 0.459 e. The lowest BCUT2D eigenvalue weighted by Gasteiger charge is -2.42. The van der Waals surface area contributed by atoms with Crippen molar-refractivity contribution in [3.05, 3.63) is 51.8 Å². The maximum atomic E-state index is 14.5. The number of nitriles is 1. The number of likely N-dealkylation sites (N-methyl/N-ethyl adjacent to an activating group) is 1. The highest BCUT2D eigenvalue weighted by atomic mass is 35.5. The van der Waals surface area contributed by atoms with Crippen LogP contribution in [0, 0.1) is 28.6 Å². The van der Waals surface area contributed by atoms with Crippen molar-refractivity contribution in [3.63, 3.8) is 0 Å². The number of ether oxygens (including phenoxy) is 1. The highest BCUT2D eigenvalue weighted by molar-refractivity contribution is 6.34. The van der Waals surface area contributed by atoms with Gasteiger partial charge in [0.15, 0.2) is 12.0 Å². The van der Waals surface area contributed by atoms with Crippen molar-refractivity contribution in [1.82, 2.24) is 20.1 Å². The quantitative estimate of drug-likeness (QED) is 0.148. The van der Waals surface area contributed by atoms with E-state index in [0.717, 1.165) is 16.1 Å². The molecule has 54 heavy (non-hydrogen) atoms. The van der Waals surface area contributed by atoms with E-state index in [9.17, 15) is 59.9 Å². The first-order valence-corrected chi connectivity index (χ1v) is 17.0. The number of aromatic amines is 1. The van der Waals surface area contributed by atoms with Crippen LogP contribution in [0.2, 0.25) is 5.02 Å². The zero-order chi connectivity index (χ0) is 40.3. The standard InChI is InChI=1S/C34H35ClF8N6O5/c1-30(2,3)29(54-28(53)18-7-5-17(6-8-18)27(51)52)49(31(16-44)11-12-31)26(50)21-13-19(9-10-22(21)35)20-14-47(4)48(15-20)25-23(33(38,39)40)24(45-46-25)32(36,37)34(41,42)43/h9-10,13,15,17-18,29H,5-8,11-12,14H2,1-4H3,(H,45,46)(H,51,52). The number of rotatable bonds is 9. The van der Waals surface area contributed by atoms with Crippen LogP contribution in [0.25, 0.3) is 5.57 Å². The van der Waals surface area contributed by atoms with Gasteiger partial charge < -0.3 is 9.84 Å². The Morgan fingerprint density at radius 2 is 1.65 bits per heavy atom. The van der Waals surface area contributed by atoms with Gasteiger partial charge in [0.05, 0.1) is 28.5 Å². The van der Waals surface area contributed by atoms with Crippen molar-refractivity contribution in [2.75, 3.05) is 18.6 Å². The molecule has 0 saturated heterocycles. The van der Waals surface area contributed by atoms with E-state index in [1.165, 1.54) is 30.3 Å². The van der Waals surface area contributed by atoms with Gasteiger partial charge in [-0.25, -0.2) is 5.01 Å². The number of hydrogen-bond acceptors (Lipinski definition) is 8. The molecular formula is C34H35ClF8N6O5. The first kappa shape index (κ1) is 40.7. The molecule has 20 heteroatoms. The third-order valence-electron chi connectivity index (χ3n) is 9.75. The molecule has 0 bridgehead atoms. The number of anilines is 1. The fourth-order valence-electron chi connectivity index (χ4n) is 6.60. The summed E-state index contributed by atoms with van der Waals surface area (Å²) in [6.45, 7) is 4.83. The molecule has 2 aliphatic carbocycles. The van der Waals surface area contributed by atoms with Gasteiger partial charge in [0, 0.05) is 25.2 Å². The van der Waals surface area contributed by atoms with Gasteiger partial charge in [-0.05, 0) is 61.8 Å². The van der Waals surface area contributed by atoms with Crippen molar-refractivity contribution >= 4 is 40.8 Å². The number of halogens is 9. The fourth-order valence-corrected chi connectivity index (χ4v) is 6.80. The number of aromatic nitrogens is 2. The van der Waals surface area contributed by atoms with Gasteiger partial charge in [0.2, 0.25) is 0 Å². The molecule has 1 amide bonds. The van der Waals surface area contributed by atoms with Crippen molar-refractivity contribution in [2.24, 2.45) is 17.3 Å². The number of carboxylic acids is 1. The van der Waals surface area contributed by atoms with Crippen LogP contribution >= 0.6 is 11.6 Å². The molecule has 2 fully saturated rings. The van der Waals surface area contributed by atoms with Crippen LogP contribution in [0.4, 0.5) is 40.9 Å². The first-order chi connectivity index (χ1) is 24.8. The minimum Gasteiger partial charge on any atom is -0.481 e. The number of H-pyrrole nitrogens is 1. The Bertz CT molecular complexity index is 1890.